The molecular formula is C16H13Cl2NO2. The molecule has 0 heterocycles. The number of hydrogen-bond acceptors (Lipinski definition) is 2. The summed E-state index contributed by atoms with van der Waals surface area (Å²) in [5, 5.41) is 13.0. The smallest absolute Gasteiger partial charge is 0.255 e. The van der Waals surface area contributed by atoms with E-state index in [0.29, 0.717) is 10.6 Å². The number of nitrogens with one attached hydrogen (secondary N) is 1. The van der Waals surface area contributed by atoms with Crippen molar-refractivity contribution in [2.24, 2.45) is 0 Å². The highest BCUT2D eigenvalue weighted by Crippen LogP contribution is 2.35. The maximum absolute atomic E-state index is 12.3. The van der Waals surface area contributed by atoms with Crippen LogP contribution in [0.3, 0.4) is 0 Å². The second-order valence-electron chi connectivity index (χ2n) is 5.07. The molecule has 0 spiro atoms. The zero-order valence-corrected chi connectivity index (χ0v) is 12.6. The van der Waals surface area contributed by atoms with Gasteiger partial charge < -0.3 is 10.4 Å². The van der Waals surface area contributed by atoms with E-state index in [1.54, 1.807) is 6.07 Å². The molecule has 0 atom stereocenters. The summed E-state index contributed by atoms with van der Waals surface area (Å²) < 4.78 is 0. The van der Waals surface area contributed by atoms with Crippen LogP contribution in [0.2, 0.25) is 10.0 Å². The van der Waals surface area contributed by atoms with Crippen LogP contribution in [0, 0.1) is 0 Å². The SMILES string of the molecule is O=C(Nc1cc(Cl)cc(Cl)c1O)c1ccc2c(c1)CCC2. The Labute approximate surface area is 132 Å². The van der Waals surface area contributed by atoms with Crippen LogP contribution < -0.4 is 5.32 Å². The molecule has 3 nitrogen and oxygen atoms in total. The zero-order valence-electron chi connectivity index (χ0n) is 11.1. The average Bonchev–Trinajstić information content (AvgIpc) is 2.91. The van der Waals surface area contributed by atoms with Gasteiger partial charge in [0.05, 0.1) is 10.7 Å². The van der Waals surface area contributed by atoms with Crippen LogP contribution in [-0.2, 0) is 12.8 Å². The highest BCUT2D eigenvalue weighted by Gasteiger charge is 2.16. The topological polar surface area (TPSA) is 49.3 Å². The molecule has 0 bridgehead atoms. The molecule has 0 aliphatic heterocycles. The van der Waals surface area contributed by atoms with Gasteiger partial charge in [-0.25, -0.2) is 0 Å². The quantitative estimate of drug-likeness (QED) is 0.803. The van der Waals surface area contributed by atoms with E-state index >= 15 is 0 Å². The number of rotatable bonds is 2. The number of fused-ring (bicyclic) bond motifs is 1. The summed E-state index contributed by atoms with van der Waals surface area (Å²) in [6.07, 6.45) is 3.21. The van der Waals surface area contributed by atoms with E-state index in [-0.39, 0.29) is 22.4 Å². The average molecular weight is 322 g/mol. The number of carbonyl (C=O) groups excluding carboxylic acids is 1. The molecule has 0 aromatic heterocycles. The van der Waals surface area contributed by atoms with Crippen LogP contribution >= 0.6 is 23.2 Å². The van der Waals surface area contributed by atoms with E-state index in [1.165, 1.54) is 23.3 Å². The van der Waals surface area contributed by atoms with Crippen molar-refractivity contribution >= 4 is 34.8 Å². The Kier molecular flexibility index (Phi) is 3.79. The van der Waals surface area contributed by atoms with Crippen molar-refractivity contribution in [1.82, 2.24) is 0 Å². The molecule has 2 aromatic carbocycles. The minimum absolute atomic E-state index is 0.103. The van der Waals surface area contributed by atoms with Crippen molar-refractivity contribution in [2.75, 3.05) is 5.32 Å². The summed E-state index contributed by atoms with van der Waals surface area (Å²) in [6, 6.07) is 8.57. The fourth-order valence-corrected chi connectivity index (χ4v) is 3.06. The summed E-state index contributed by atoms with van der Waals surface area (Å²) >= 11 is 11.7. The number of aryl methyl sites for hydroxylation is 2. The summed E-state index contributed by atoms with van der Waals surface area (Å²) in [4.78, 5) is 12.3. The van der Waals surface area contributed by atoms with E-state index in [0.717, 1.165) is 19.3 Å². The number of aromatic hydroxyl groups is 1. The van der Waals surface area contributed by atoms with Gasteiger partial charge in [-0.2, -0.15) is 0 Å². The van der Waals surface area contributed by atoms with Gasteiger partial charge in [-0.15, -0.1) is 0 Å². The Balaban J connectivity index is 1.87. The van der Waals surface area contributed by atoms with Crippen LogP contribution in [0.4, 0.5) is 5.69 Å². The molecule has 21 heavy (non-hydrogen) atoms. The number of hydrogen-bond donors (Lipinski definition) is 2. The van der Waals surface area contributed by atoms with Gasteiger partial charge in [-0.05, 0) is 54.7 Å². The largest absolute Gasteiger partial charge is 0.504 e. The fraction of sp³-hybridized carbons (Fsp3) is 0.188. The third kappa shape index (κ3) is 2.85. The fourth-order valence-electron chi connectivity index (χ4n) is 2.57. The first-order valence-corrected chi connectivity index (χ1v) is 7.41. The Bertz CT molecular complexity index is 728. The maximum atomic E-state index is 12.3. The van der Waals surface area contributed by atoms with Gasteiger partial charge in [-0.1, -0.05) is 29.3 Å². The maximum Gasteiger partial charge on any atom is 0.255 e. The minimum atomic E-state index is -0.293. The van der Waals surface area contributed by atoms with Crippen LogP contribution in [0.5, 0.6) is 5.75 Å². The Morgan fingerprint density at radius 1 is 1.10 bits per heavy atom. The summed E-state index contributed by atoms with van der Waals surface area (Å²) in [5.41, 5.74) is 3.29. The van der Waals surface area contributed by atoms with Crippen molar-refractivity contribution in [3.05, 3.63) is 57.1 Å². The van der Waals surface area contributed by atoms with Crippen molar-refractivity contribution in [2.45, 2.75) is 19.3 Å². The van der Waals surface area contributed by atoms with Gasteiger partial charge in [-0.3, -0.25) is 4.79 Å². The first kappa shape index (κ1) is 14.2. The first-order chi connectivity index (χ1) is 10.0. The van der Waals surface area contributed by atoms with Crippen molar-refractivity contribution in [3.63, 3.8) is 0 Å². The molecule has 2 aromatic rings. The van der Waals surface area contributed by atoms with E-state index in [9.17, 15) is 9.90 Å². The predicted octanol–water partition coefficient (Wildman–Crippen LogP) is 4.44. The van der Waals surface area contributed by atoms with Crippen LogP contribution in [0.15, 0.2) is 30.3 Å². The number of anilines is 1. The van der Waals surface area contributed by atoms with Crippen LogP contribution in [-0.4, -0.2) is 11.0 Å². The summed E-state index contributed by atoms with van der Waals surface area (Å²) in [7, 11) is 0. The minimum Gasteiger partial charge on any atom is -0.504 e. The molecule has 5 heteroatoms. The van der Waals surface area contributed by atoms with Crippen LogP contribution in [0.1, 0.15) is 27.9 Å². The van der Waals surface area contributed by atoms with Gasteiger partial charge in [0.15, 0.2) is 5.75 Å². The molecule has 1 aliphatic carbocycles. The second-order valence-corrected chi connectivity index (χ2v) is 5.92. The predicted molar refractivity (Wildman–Crippen MR) is 84.5 cm³/mol. The Morgan fingerprint density at radius 2 is 1.86 bits per heavy atom. The van der Waals surface area contributed by atoms with Crippen molar-refractivity contribution in [1.29, 1.82) is 0 Å². The molecule has 0 radical (unpaired) electrons. The molecule has 3 rings (SSSR count). The Morgan fingerprint density at radius 3 is 2.67 bits per heavy atom. The number of carbonyl (C=O) groups is 1. The monoisotopic (exact) mass is 321 g/mol. The molecule has 1 aliphatic rings. The molecule has 0 fully saturated rings. The second kappa shape index (κ2) is 5.58. The lowest BCUT2D eigenvalue weighted by molar-refractivity contribution is 0.102. The van der Waals surface area contributed by atoms with Crippen molar-refractivity contribution in [3.8, 4) is 5.75 Å². The Hall–Kier alpha value is -1.71. The van der Waals surface area contributed by atoms with Crippen LogP contribution in [0.25, 0.3) is 0 Å². The number of halogens is 2. The number of phenols is 1. The number of phenolic OH excluding ortho intramolecular Hbond substituents is 1. The lowest BCUT2D eigenvalue weighted by atomic mass is 10.1. The zero-order chi connectivity index (χ0) is 15.0. The molecule has 2 N–H and O–H groups in total. The molecule has 0 saturated carbocycles. The van der Waals surface area contributed by atoms with E-state index in [1.807, 2.05) is 12.1 Å². The normalized spacial score (nSPS) is 13.0. The number of benzene rings is 2. The van der Waals surface area contributed by atoms with Gasteiger partial charge >= 0.3 is 0 Å². The number of amides is 1. The first-order valence-electron chi connectivity index (χ1n) is 6.66. The molecular weight excluding hydrogens is 309 g/mol. The molecule has 1 amide bonds. The van der Waals surface area contributed by atoms with E-state index in [4.69, 9.17) is 23.2 Å². The highest BCUT2D eigenvalue weighted by atomic mass is 35.5. The standard InChI is InChI=1S/C16H13Cl2NO2/c17-12-7-13(18)15(20)14(8-12)19-16(21)11-5-4-9-2-1-3-10(9)6-11/h4-8,20H,1-3H2,(H,19,21). The van der Waals surface area contributed by atoms with Crippen molar-refractivity contribution < 1.29 is 9.90 Å². The van der Waals surface area contributed by atoms with Gasteiger partial charge in [0.25, 0.3) is 5.91 Å². The molecule has 0 saturated heterocycles. The highest BCUT2D eigenvalue weighted by molar-refractivity contribution is 6.36. The van der Waals surface area contributed by atoms with E-state index < -0.39 is 0 Å². The third-order valence-electron chi connectivity index (χ3n) is 3.64. The van der Waals surface area contributed by atoms with Gasteiger partial charge in [0.2, 0.25) is 0 Å². The lowest BCUT2D eigenvalue weighted by Gasteiger charge is -2.10. The van der Waals surface area contributed by atoms with Gasteiger partial charge in [0, 0.05) is 10.6 Å². The summed E-state index contributed by atoms with van der Waals surface area (Å²) in [6.45, 7) is 0. The van der Waals surface area contributed by atoms with E-state index in [2.05, 4.69) is 5.32 Å². The third-order valence-corrected chi connectivity index (χ3v) is 4.14. The summed E-state index contributed by atoms with van der Waals surface area (Å²) in [5.74, 6) is -0.478. The molecule has 0 unspecified atom stereocenters. The molecule has 108 valence electrons. The van der Waals surface area contributed by atoms with Gasteiger partial charge in [0.1, 0.15) is 0 Å². The lowest BCUT2D eigenvalue weighted by Crippen LogP contribution is -2.12.